The first-order valence-electron chi connectivity index (χ1n) is 11.3. The maximum Gasteiger partial charge on any atom is 0.356 e. The minimum absolute atomic E-state index is 0.0724. The van der Waals surface area contributed by atoms with Crippen LogP contribution in [0.5, 0.6) is 0 Å². The van der Waals surface area contributed by atoms with Gasteiger partial charge in [-0.05, 0) is 38.8 Å². The molecule has 0 spiro atoms. The molecule has 1 aromatic carbocycles. The topological polar surface area (TPSA) is 105 Å². The van der Waals surface area contributed by atoms with E-state index in [1.165, 1.54) is 34.9 Å². The highest BCUT2D eigenvalue weighted by molar-refractivity contribution is 6.12. The normalized spacial score (nSPS) is 22.1. The molecule has 0 radical (unpaired) electrons. The number of amides is 2. The highest BCUT2D eigenvalue weighted by atomic mass is 16.4. The van der Waals surface area contributed by atoms with Crippen LogP contribution in [0.15, 0.2) is 30.3 Å². The zero-order valence-electron chi connectivity index (χ0n) is 18.6. The van der Waals surface area contributed by atoms with Gasteiger partial charge in [0.25, 0.3) is 5.91 Å². The number of nitrogens with one attached hydrogen (secondary N) is 1. The molecule has 1 atom stereocenters. The molecule has 1 unspecified atom stereocenters. The Bertz CT molecular complexity index is 1020. The monoisotopic (exact) mass is 438 g/mol. The standard InChI is InChI=1S/C24H30N4O4/c1-16-10-12-18(13-11-16)28-21(29)20-14-19(22(30)31)26-27(20)15-24(28,2)23(32)25-17-8-6-4-3-5-7-9-17/h10-14,17H,3-9,15H2,1-2H3,(H,25,32)(H,30,31). The Hall–Kier alpha value is -3.16. The number of carboxylic acid groups (broad SMARTS) is 1. The maximum atomic E-state index is 13.7. The first-order valence-corrected chi connectivity index (χ1v) is 11.3. The van der Waals surface area contributed by atoms with Crippen LogP contribution in [0.25, 0.3) is 0 Å². The Balaban J connectivity index is 1.71. The zero-order valence-corrected chi connectivity index (χ0v) is 18.6. The molecule has 2 N–H and O–H groups in total. The predicted octanol–water partition coefficient (Wildman–Crippen LogP) is 3.54. The van der Waals surface area contributed by atoms with Crippen molar-refractivity contribution in [3.63, 3.8) is 0 Å². The average Bonchev–Trinajstić information content (AvgIpc) is 3.15. The van der Waals surface area contributed by atoms with Gasteiger partial charge in [-0.25, -0.2) is 4.79 Å². The lowest BCUT2D eigenvalue weighted by Gasteiger charge is -2.43. The largest absolute Gasteiger partial charge is 0.476 e. The van der Waals surface area contributed by atoms with Gasteiger partial charge in [-0.3, -0.25) is 19.2 Å². The molecule has 1 aliphatic carbocycles. The van der Waals surface area contributed by atoms with E-state index in [4.69, 9.17) is 0 Å². The number of benzene rings is 1. The summed E-state index contributed by atoms with van der Waals surface area (Å²) in [5, 5.41) is 16.6. The molecule has 2 heterocycles. The number of aromatic nitrogens is 2. The Labute approximate surface area is 187 Å². The van der Waals surface area contributed by atoms with Gasteiger partial charge in [-0.1, -0.05) is 49.8 Å². The molecule has 1 saturated carbocycles. The molecule has 0 bridgehead atoms. The number of aromatic carboxylic acids is 1. The molecule has 170 valence electrons. The van der Waals surface area contributed by atoms with Crippen LogP contribution in [0.1, 0.15) is 78.4 Å². The highest BCUT2D eigenvalue weighted by Gasteiger charge is 2.49. The molecule has 2 aromatic rings. The van der Waals surface area contributed by atoms with Crippen LogP contribution in [-0.4, -0.2) is 44.3 Å². The fourth-order valence-corrected chi connectivity index (χ4v) is 4.73. The zero-order chi connectivity index (χ0) is 22.9. The summed E-state index contributed by atoms with van der Waals surface area (Å²) in [5.41, 5.74) is 0.349. The summed E-state index contributed by atoms with van der Waals surface area (Å²) in [4.78, 5) is 40.2. The molecule has 2 amide bonds. The molecule has 0 saturated heterocycles. The number of carboxylic acids is 1. The first-order chi connectivity index (χ1) is 15.3. The molecule has 2 aliphatic rings. The molecule has 1 aromatic heterocycles. The first kappa shape index (κ1) is 22.0. The van der Waals surface area contributed by atoms with Gasteiger partial charge in [0.05, 0.1) is 6.54 Å². The predicted molar refractivity (Wildman–Crippen MR) is 120 cm³/mol. The number of anilines is 1. The summed E-state index contributed by atoms with van der Waals surface area (Å²) >= 11 is 0. The Morgan fingerprint density at radius 1 is 1.09 bits per heavy atom. The van der Waals surface area contributed by atoms with Gasteiger partial charge in [0.1, 0.15) is 11.2 Å². The van der Waals surface area contributed by atoms with Crippen LogP contribution in [0, 0.1) is 6.92 Å². The van der Waals surface area contributed by atoms with E-state index in [0.29, 0.717) is 5.69 Å². The van der Waals surface area contributed by atoms with Gasteiger partial charge in [-0.2, -0.15) is 5.10 Å². The number of carbonyl (C=O) groups is 3. The number of rotatable bonds is 4. The second kappa shape index (κ2) is 8.76. The third kappa shape index (κ3) is 4.13. The quantitative estimate of drug-likeness (QED) is 0.760. The summed E-state index contributed by atoms with van der Waals surface area (Å²) < 4.78 is 1.36. The van der Waals surface area contributed by atoms with Crippen molar-refractivity contribution in [3.05, 3.63) is 47.3 Å². The highest BCUT2D eigenvalue weighted by Crippen LogP contribution is 2.33. The number of aryl methyl sites for hydroxylation is 1. The van der Waals surface area contributed by atoms with E-state index >= 15 is 0 Å². The van der Waals surface area contributed by atoms with Crippen molar-refractivity contribution < 1.29 is 19.5 Å². The van der Waals surface area contributed by atoms with E-state index in [9.17, 15) is 19.5 Å². The van der Waals surface area contributed by atoms with Gasteiger partial charge < -0.3 is 10.4 Å². The number of hydrogen-bond acceptors (Lipinski definition) is 4. The lowest BCUT2D eigenvalue weighted by molar-refractivity contribution is -0.127. The van der Waals surface area contributed by atoms with Crippen molar-refractivity contribution in [1.82, 2.24) is 15.1 Å². The van der Waals surface area contributed by atoms with E-state index in [0.717, 1.165) is 31.2 Å². The fraction of sp³-hybridized carbons (Fsp3) is 0.500. The summed E-state index contributed by atoms with van der Waals surface area (Å²) in [6.45, 7) is 3.76. The lowest BCUT2D eigenvalue weighted by Crippen LogP contribution is -2.65. The van der Waals surface area contributed by atoms with Gasteiger partial charge in [-0.15, -0.1) is 0 Å². The van der Waals surface area contributed by atoms with Crippen LogP contribution >= 0.6 is 0 Å². The summed E-state index contributed by atoms with van der Waals surface area (Å²) in [5.74, 6) is -1.88. The van der Waals surface area contributed by atoms with Crippen LogP contribution in [0.2, 0.25) is 0 Å². The van der Waals surface area contributed by atoms with Crippen molar-refractivity contribution in [2.45, 2.75) is 76.9 Å². The molecule has 8 heteroatoms. The molecule has 8 nitrogen and oxygen atoms in total. The molecule has 4 rings (SSSR count). The van der Waals surface area contributed by atoms with Crippen molar-refractivity contribution in [2.24, 2.45) is 0 Å². The second-order valence-electron chi connectivity index (χ2n) is 9.14. The SMILES string of the molecule is Cc1ccc(N2C(=O)c3cc(C(=O)O)nn3CC2(C)C(=O)NC2CCCCCCC2)cc1. The van der Waals surface area contributed by atoms with E-state index in [2.05, 4.69) is 10.4 Å². The molecule has 1 aliphatic heterocycles. The Kier molecular flexibility index (Phi) is 6.04. The molecular formula is C24H30N4O4. The van der Waals surface area contributed by atoms with Gasteiger partial charge in [0.2, 0.25) is 5.91 Å². The second-order valence-corrected chi connectivity index (χ2v) is 9.14. The van der Waals surface area contributed by atoms with Crippen LogP contribution in [0.3, 0.4) is 0 Å². The minimum atomic E-state index is -1.25. The summed E-state index contributed by atoms with van der Waals surface area (Å²) in [7, 11) is 0. The Morgan fingerprint density at radius 3 is 2.34 bits per heavy atom. The van der Waals surface area contributed by atoms with Crippen LogP contribution in [0.4, 0.5) is 5.69 Å². The van der Waals surface area contributed by atoms with Gasteiger partial charge in [0.15, 0.2) is 5.69 Å². The van der Waals surface area contributed by atoms with E-state index in [1.807, 2.05) is 31.2 Å². The molecule has 32 heavy (non-hydrogen) atoms. The van der Waals surface area contributed by atoms with Crippen molar-refractivity contribution >= 4 is 23.5 Å². The van der Waals surface area contributed by atoms with Gasteiger partial charge >= 0.3 is 5.97 Å². The minimum Gasteiger partial charge on any atom is -0.476 e. The van der Waals surface area contributed by atoms with E-state index in [1.54, 1.807) is 6.92 Å². The smallest absolute Gasteiger partial charge is 0.356 e. The van der Waals surface area contributed by atoms with Crippen LogP contribution in [-0.2, 0) is 11.3 Å². The maximum absolute atomic E-state index is 13.7. The Morgan fingerprint density at radius 2 is 1.72 bits per heavy atom. The lowest BCUT2D eigenvalue weighted by atomic mass is 9.91. The van der Waals surface area contributed by atoms with E-state index < -0.39 is 17.4 Å². The van der Waals surface area contributed by atoms with Gasteiger partial charge in [0, 0.05) is 17.8 Å². The number of nitrogens with zero attached hydrogens (tertiary/aromatic N) is 3. The molecular weight excluding hydrogens is 408 g/mol. The van der Waals surface area contributed by atoms with Crippen molar-refractivity contribution in [1.29, 1.82) is 0 Å². The average molecular weight is 439 g/mol. The summed E-state index contributed by atoms with van der Waals surface area (Å²) in [6.07, 6.45) is 7.59. The van der Waals surface area contributed by atoms with Crippen LogP contribution < -0.4 is 10.2 Å². The third-order valence-electron chi connectivity index (χ3n) is 6.59. The number of hydrogen-bond donors (Lipinski definition) is 2. The van der Waals surface area contributed by atoms with Crippen molar-refractivity contribution in [3.8, 4) is 0 Å². The number of fused-ring (bicyclic) bond motifs is 1. The molecule has 1 fully saturated rings. The van der Waals surface area contributed by atoms with Crippen molar-refractivity contribution in [2.75, 3.05) is 4.90 Å². The summed E-state index contributed by atoms with van der Waals surface area (Å²) in [6, 6.07) is 8.77. The van der Waals surface area contributed by atoms with E-state index in [-0.39, 0.29) is 29.9 Å². The number of carbonyl (C=O) groups excluding carboxylic acids is 2. The third-order valence-corrected chi connectivity index (χ3v) is 6.59. The fourth-order valence-electron chi connectivity index (χ4n) is 4.73.